The number of hydrogen-bond acceptors (Lipinski definition) is 6. The maximum atomic E-state index is 13.1. The van der Waals surface area contributed by atoms with Crippen molar-refractivity contribution in [3.05, 3.63) is 93.2 Å². The minimum Gasteiger partial charge on any atom is -0.493 e. The van der Waals surface area contributed by atoms with E-state index in [-0.39, 0.29) is 11.5 Å². The predicted molar refractivity (Wildman–Crippen MR) is 140 cm³/mol. The highest BCUT2D eigenvalue weighted by Gasteiger charge is 2.12. The molecule has 1 unspecified atom stereocenters. The van der Waals surface area contributed by atoms with Crippen LogP contribution in [0.2, 0.25) is 0 Å². The molecule has 0 fully saturated rings. The van der Waals surface area contributed by atoms with Gasteiger partial charge in [0.05, 0.1) is 35.4 Å². The van der Waals surface area contributed by atoms with Crippen molar-refractivity contribution in [3.63, 3.8) is 0 Å². The van der Waals surface area contributed by atoms with Crippen LogP contribution in [-0.2, 0) is 0 Å². The first-order chi connectivity index (χ1) is 17.1. The molecule has 0 saturated heterocycles. The van der Waals surface area contributed by atoms with Crippen LogP contribution in [0.3, 0.4) is 0 Å². The van der Waals surface area contributed by atoms with E-state index in [1.807, 2.05) is 85.8 Å². The van der Waals surface area contributed by atoms with E-state index in [0.717, 1.165) is 22.3 Å². The molecule has 2 aromatic heterocycles. The first kappa shape index (κ1) is 22.9. The Bertz CT molecular complexity index is 1560. The van der Waals surface area contributed by atoms with Crippen molar-refractivity contribution in [1.29, 1.82) is 0 Å². The zero-order valence-electron chi connectivity index (χ0n) is 19.6. The summed E-state index contributed by atoms with van der Waals surface area (Å²) in [6, 6.07) is 23.2. The Hall–Kier alpha value is -3.84. The van der Waals surface area contributed by atoms with Gasteiger partial charge >= 0.3 is 0 Å². The third kappa shape index (κ3) is 5.00. The van der Waals surface area contributed by atoms with Gasteiger partial charge in [-0.25, -0.2) is 9.38 Å². The lowest BCUT2D eigenvalue weighted by Crippen LogP contribution is -2.22. The first-order valence-corrected chi connectivity index (χ1v) is 12.4. The number of aromatic nitrogens is 2. The topological polar surface area (TPSA) is 62.1 Å². The molecule has 0 bridgehead atoms. The maximum absolute atomic E-state index is 13.1. The molecule has 2 heterocycles. The van der Waals surface area contributed by atoms with Gasteiger partial charge in [-0.15, -0.1) is 0 Å². The number of rotatable bonds is 9. The van der Waals surface area contributed by atoms with Gasteiger partial charge in [-0.05, 0) is 55.0 Å². The zero-order chi connectivity index (χ0) is 24.2. The summed E-state index contributed by atoms with van der Waals surface area (Å²) in [4.78, 5) is 18.3. The van der Waals surface area contributed by atoms with Gasteiger partial charge in [0.15, 0.2) is 16.5 Å². The van der Waals surface area contributed by atoms with Crippen molar-refractivity contribution >= 4 is 33.4 Å². The smallest absolute Gasteiger partial charge is 0.274 e. The molecule has 3 aromatic carbocycles. The molecule has 1 atom stereocenters. The fourth-order valence-electron chi connectivity index (χ4n) is 3.80. The van der Waals surface area contributed by atoms with Crippen molar-refractivity contribution in [1.82, 2.24) is 9.38 Å². The molecule has 0 aliphatic heterocycles. The molecule has 5 aromatic rings. The summed E-state index contributed by atoms with van der Waals surface area (Å²) in [5.74, 6) is 2.36. The highest BCUT2D eigenvalue weighted by atomic mass is 32.1. The van der Waals surface area contributed by atoms with Crippen LogP contribution in [0.25, 0.3) is 22.1 Å². The van der Waals surface area contributed by atoms with Crippen LogP contribution in [0, 0.1) is 5.92 Å². The number of imidazole rings is 1. The lowest BCUT2D eigenvalue weighted by molar-refractivity contribution is 0.182. The van der Waals surface area contributed by atoms with Gasteiger partial charge in [-0.1, -0.05) is 54.7 Å². The van der Waals surface area contributed by atoms with Crippen molar-refractivity contribution in [2.75, 3.05) is 19.8 Å². The number of nitrogens with zero attached hydrogens (tertiary/aromatic N) is 2. The minimum absolute atomic E-state index is 0.0655. The van der Waals surface area contributed by atoms with Crippen molar-refractivity contribution < 1.29 is 14.2 Å². The van der Waals surface area contributed by atoms with E-state index in [2.05, 4.69) is 11.9 Å². The number of benzene rings is 3. The van der Waals surface area contributed by atoms with Gasteiger partial charge in [0.25, 0.3) is 5.56 Å². The second kappa shape index (κ2) is 10.2. The summed E-state index contributed by atoms with van der Waals surface area (Å²) in [5, 5.41) is 0. The molecular formula is C28H26N2O4S. The quantitative estimate of drug-likeness (QED) is 0.295. The summed E-state index contributed by atoms with van der Waals surface area (Å²) in [5.41, 5.74) is 2.45. The van der Waals surface area contributed by atoms with Crippen molar-refractivity contribution in [2.24, 2.45) is 5.92 Å². The fourth-order valence-corrected chi connectivity index (χ4v) is 4.79. The minimum atomic E-state index is -0.0655. The number of para-hydroxylation sites is 3. The molecule has 0 saturated carbocycles. The second-order valence-electron chi connectivity index (χ2n) is 8.31. The Morgan fingerprint density at radius 1 is 0.943 bits per heavy atom. The average Bonchev–Trinajstić information content (AvgIpc) is 3.39. The van der Waals surface area contributed by atoms with Crippen LogP contribution in [0.1, 0.15) is 19.4 Å². The standard InChI is InChI=1S/C28H26N2O4S/c1-3-32-25-15-20(13-14-24(25)34-18-19(2)17-33-21-9-5-4-6-10-21)16-26-27(31)30-23-12-8-7-11-22(23)29-28(30)35-26/h4-16,19H,3,17-18H2,1-2H3/b26-16-. The lowest BCUT2D eigenvalue weighted by atomic mass is 10.2. The van der Waals surface area contributed by atoms with E-state index < -0.39 is 0 Å². The molecule has 0 aliphatic carbocycles. The number of fused-ring (bicyclic) bond motifs is 3. The van der Waals surface area contributed by atoms with E-state index in [0.29, 0.717) is 40.8 Å². The molecular weight excluding hydrogens is 460 g/mol. The Morgan fingerprint density at radius 2 is 1.71 bits per heavy atom. The van der Waals surface area contributed by atoms with Crippen LogP contribution < -0.4 is 24.3 Å². The average molecular weight is 487 g/mol. The van der Waals surface area contributed by atoms with Gasteiger partial charge in [0.2, 0.25) is 0 Å². The summed E-state index contributed by atoms with van der Waals surface area (Å²) in [7, 11) is 0. The van der Waals surface area contributed by atoms with Crippen LogP contribution in [0.5, 0.6) is 17.2 Å². The third-order valence-corrected chi connectivity index (χ3v) is 6.48. The van der Waals surface area contributed by atoms with Gasteiger partial charge in [-0.2, -0.15) is 0 Å². The monoisotopic (exact) mass is 486 g/mol. The molecule has 5 rings (SSSR count). The molecule has 0 radical (unpaired) electrons. The van der Waals surface area contributed by atoms with E-state index >= 15 is 0 Å². The van der Waals surface area contributed by atoms with Crippen LogP contribution in [-0.4, -0.2) is 29.2 Å². The largest absolute Gasteiger partial charge is 0.493 e. The molecule has 0 amide bonds. The summed E-state index contributed by atoms with van der Waals surface area (Å²) < 4.78 is 20.0. The molecule has 0 spiro atoms. The van der Waals surface area contributed by atoms with Crippen LogP contribution in [0.15, 0.2) is 77.6 Å². The molecule has 7 heteroatoms. The number of ether oxygens (including phenoxy) is 3. The predicted octanol–water partition coefficient (Wildman–Crippen LogP) is 4.95. The molecule has 178 valence electrons. The molecule has 6 nitrogen and oxygen atoms in total. The fraction of sp³-hybridized carbons (Fsp3) is 0.214. The SMILES string of the molecule is CCOc1cc(/C=c2\sc3nc4ccccc4n3c2=O)ccc1OCC(C)COc1ccccc1. The van der Waals surface area contributed by atoms with Crippen molar-refractivity contribution in [2.45, 2.75) is 13.8 Å². The second-order valence-corrected chi connectivity index (χ2v) is 9.32. The number of hydrogen-bond donors (Lipinski definition) is 0. The van der Waals surface area contributed by atoms with Gasteiger partial charge in [0.1, 0.15) is 5.75 Å². The Balaban J connectivity index is 1.34. The Morgan fingerprint density at radius 3 is 2.54 bits per heavy atom. The summed E-state index contributed by atoms with van der Waals surface area (Å²) in [6.45, 7) is 5.58. The number of thiazole rings is 1. The molecule has 0 N–H and O–H groups in total. The normalized spacial score (nSPS) is 12.8. The Labute approximate surface area is 207 Å². The summed E-state index contributed by atoms with van der Waals surface area (Å²) >= 11 is 1.38. The van der Waals surface area contributed by atoms with E-state index in [1.54, 1.807) is 4.40 Å². The van der Waals surface area contributed by atoms with Gasteiger partial charge in [0, 0.05) is 5.92 Å². The van der Waals surface area contributed by atoms with Crippen molar-refractivity contribution in [3.8, 4) is 17.2 Å². The Kier molecular flexibility index (Phi) is 6.68. The van der Waals surface area contributed by atoms with Crippen LogP contribution in [0.4, 0.5) is 0 Å². The van der Waals surface area contributed by atoms with Gasteiger partial charge in [-0.3, -0.25) is 4.79 Å². The first-order valence-electron chi connectivity index (χ1n) is 11.6. The highest BCUT2D eigenvalue weighted by molar-refractivity contribution is 7.15. The summed E-state index contributed by atoms with van der Waals surface area (Å²) in [6.07, 6.45) is 1.87. The maximum Gasteiger partial charge on any atom is 0.274 e. The molecule has 35 heavy (non-hydrogen) atoms. The highest BCUT2D eigenvalue weighted by Crippen LogP contribution is 2.29. The van der Waals surface area contributed by atoms with E-state index in [1.165, 1.54) is 11.3 Å². The van der Waals surface area contributed by atoms with E-state index in [9.17, 15) is 4.79 Å². The molecule has 0 aliphatic rings. The zero-order valence-corrected chi connectivity index (χ0v) is 20.5. The third-order valence-electron chi connectivity index (χ3n) is 5.51. The lowest BCUT2D eigenvalue weighted by Gasteiger charge is -2.16. The van der Waals surface area contributed by atoms with Gasteiger partial charge < -0.3 is 14.2 Å². The van der Waals surface area contributed by atoms with E-state index in [4.69, 9.17) is 14.2 Å². The van der Waals surface area contributed by atoms with Crippen LogP contribution >= 0.6 is 11.3 Å².